The van der Waals surface area contributed by atoms with Gasteiger partial charge < -0.3 is 5.11 Å². The minimum Gasteiger partial charge on any atom is -0.479 e. The first-order valence-corrected chi connectivity index (χ1v) is 8.85. The fourth-order valence-electron chi connectivity index (χ4n) is 3.49. The monoisotopic (exact) mass is 345 g/mol. The average molecular weight is 345 g/mol. The van der Waals surface area contributed by atoms with Gasteiger partial charge in [0, 0.05) is 43.6 Å². The molecule has 0 atom stereocenters. The molecule has 4 rings (SSSR count). The van der Waals surface area contributed by atoms with E-state index in [-0.39, 0.29) is 0 Å². The lowest BCUT2D eigenvalue weighted by molar-refractivity contribution is -0.151. The number of imidazole rings is 1. The van der Waals surface area contributed by atoms with Crippen LogP contribution in [0, 0.1) is 6.92 Å². The van der Waals surface area contributed by atoms with E-state index < -0.39 is 11.5 Å². The molecule has 0 unspecified atom stereocenters. The van der Waals surface area contributed by atoms with Crippen LogP contribution >= 0.6 is 11.3 Å². The van der Waals surface area contributed by atoms with Crippen molar-refractivity contribution in [2.45, 2.75) is 31.8 Å². The summed E-state index contributed by atoms with van der Waals surface area (Å²) in [4.78, 5) is 19.8. The minimum absolute atomic E-state index is 0.550. The molecule has 0 amide bonds. The molecule has 1 N–H and O–H groups in total. The third-order valence-corrected chi connectivity index (χ3v) is 5.72. The maximum absolute atomic E-state index is 11.9. The summed E-state index contributed by atoms with van der Waals surface area (Å²) in [6.07, 6.45) is 6.54. The van der Waals surface area contributed by atoms with Gasteiger partial charge in [-0.05, 0) is 25.8 Å². The maximum atomic E-state index is 11.9. The quantitative estimate of drug-likeness (QED) is 0.782. The second-order valence-corrected chi connectivity index (χ2v) is 7.14. The number of carbonyl (C=O) groups is 1. The highest BCUT2D eigenvalue weighted by Gasteiger charge is 2.44. The molecular weight excluding hydrogens is 326 g/mol. The lowest BCUT2D eigenvalue weighted by Crippen LogP contribution is -2.51. The van der Waals surface area contributed by atoms with E-state index in [1.54, 1.807) is 34.5 Å². The topological polar surface area (TPSA) is 75.7 Å². The molecule has 1 saturated heterocycles. The highest BCUT2D eigenvalue weighted by molar-refractivity contribution is 7.15. The van der Waals surface area contributed by atoms with Crippen LogP contribution in [0.4, 0.5) is 0 Å². The van der Waals surface area contributed by atoms with Crippen molar-refractivity contribution in [2.24, 2.45) is 0 Å². The second-order valence-electron chi connectivity index (χ2n) is 6.26. The van der Waals surface area contributed by atoms with Gasteiger partial charge in [0.15, 0.2) is 10.5 Å². The highest BCUT2D eigenvalue weighted by Crippen LogP contribution is 2.31. The molecule has 0 radical (unpaired) electrons. The van der Waals surface area contributed by atoms with E-state index in [0.717, 1.165) is 30.3 Å². The molecular formula is C16H19N5O2S. The summed E-state index contributed by atoms with van der Waals surface area (Å²) in [5, 5.41) is 16.0. The number of thiazole rings is 1. The van der Waals surface area contributed by atoms with Gasteiger partial charge in [0.05, 0.1) is 11.4 Å². The number of rotatable bonds is 4. The summed E-state index contributed by atoms with van der Waals surface area (Å²) in [5.41, 5.74) is 1.31. The molecule has 0 saturated carbocycles. The molecule has 126 valence electrons. The second kappa shape index (κ2) is 5.71. The number of aromatic nitrogens is 4. The van der Waals surface area contributed by atoms with Gasteiger partial charge in [-0.15, -0.1) is 11.3 Å². The number of likely N-dealkylation sites (tertiary alicyclic amines) is 1. The van der Waals surface area contributed by atoms with Crippen molar-refractivity contribution in [1.82, 2.24) is 24.1 Å². The number of aryl methyl sites for hydroxylation is 1. The number of fused-ring (bicyclic) bond motifs is 1. The predicted octanol–water partition coefficient (Wildman–Crippen LogP) is 1.98. The Labute approximate surface area is 143 Å². The van der Waals surface area contributed by atoms with E-state index in [4.69, 9.17) is 0 Å². The smallest absolute Gasteiger partial charge is 0.331 e. The van der Waals surface area contributed by atoms with Crippen molar-refractivity contribution in [3.8, 4) is 0 Å². The van der Waals surface area contributed by atoms with Crippen LogP contribution in [0.2, 0.25) is 0 Å². The number of hydrogen-bond donors (Lipinski definition) is 1. The normalized spacial score (nSPS) is 18.2. The van der Waals surface area contributed by atoms with Crippen LogP contribution in [0.3, 0.4) is 0 Å². The van der Waals surface area contributed by atoms with E-state index in [1.165, 1.54) is 5.69 Å². The third-order valence-electron chi connectivity index (χ3n) is 4.96. The lowest BCUT2D eigenvalue weighted by Gasteiger charge is -2.38. The van der Waals surface area contributed by atoms with E-state index in [9.17, 15) is 9.90 Å². The summed E-state index contributed by atoms with van der Waals surface area (Å²) < 4.78 is 3.74. The zero-order valence-corrected chi connectivity index (χ0v) is 14.2. The van der Waals surface area contributed by atoms with Crippen molar-refractivity contribution in [3.05, 3.63) is 41.4 Å². The lowest BCUT2D eigenvalue weighted by atomic mass is 9.87. The summed E-state index contributed by atoms with van der Waals surface area (Å²) in [7, 11) is 0. The Balaban J connectivity index is 1.53. The Kier molecular flexibility index (Phi) is 3.65. The molecule has 4 heterocycles. The molecule has 0 aromatic carbocycles. The molecule has 1 fully saturated rings. The van der Waals surface area contributed by atoms with Crippen molar-refractivity contribution >= 4 is 22.3 Å². The first kappa shape index (κ1) is 15.3. The fraction of sp³-hybridized carbons (Fsp3) is 0.438. The Bertz CT molecular complexity index is 858. The van der Waals surface area contributed by atoms with E-state index in [1.807, 2.05) is 18.5 Å². The SMILES string of the molecule is Cc1nc2sccn2c1CN1CCC(C(=O)O)(n2cccn2)CC1. The van der Waals surface area contributed by atoms with Crippen molar-refractivity contribution < 1.29 is 9.90 Å². The molecule has 1 aliphatic rings. The fourth-order valence-corrected chi connectivity index (χ4v) is 4.27. The standard InChI is InChI=1S/C16H19N5O2S/c1-12-13(20-9-10-24-15(20)18-12)11-19-7-3-16(4-8-19,14(22)23)21-6-2-5-17-21/h2,5-6,9-10H,3-4,7-8,11H2,1H3,(H,22,23). The van der Waals surface area contributed by atoms with Gasteiger partial charge in [-0.2, -0.15) is 5.10 Å². The van der Waals surface area contributed by atoms with Crippen molar-refractivity contribution in [1.29, 1.82) is 0 Å². The molecule has 1 aliphatic heterocycles. The molecule has 0 aliphatic carbocycles. The molecule has 3 aromatic heterocycles. The van der Waals surface area contributed by atoms with Crippen LogP contribution in [-0.4, -0.2) is 48.2 Å². The zero-order chi connectivity index (χ0) is 16.7. The Morgan fingerprint density at radius 1 is 1.38 bits per heavy atom. The zero-order valence-electron chi connectivity index (χ0n) is 13.4. The molecule has 0 spiro atoms. The van der Waals surface area contributed by atoms with Gasteiger partial charge in [0.1, 0.15) is 0 Å². The molecule has 0 bridgehead atoms. The first-order chi connectivity index (χ1) is 11.6. The first-order valence-electron chi connectivity index (χ1n) is 7.97. The van der Waals surface area contributed by atoms with Crippen LogP contribution in [0.1, 0.15) is 24.2 Å². The van der Waals surface area contributed by atoms with Gasteiger partial charge in [-0.3, -0.25) is 14.0 Å². The van der Waals surface area contributed by atoms with E-state index in [0.29, 0.717) is 12.8 Å². The summed E-state index contributed by atoms with van der Waals surface area (Å²) in [6.45, 7) is 4.27. The maximum Gasteiger partial charge on any atom is 0.331 e. The van der Waals surface area contributed by atoms with Crippen molar-refractivity contribution in [2.75, 3.05) is 13.1 Å². The Hall–Kier alpha value is -2.19. The average Bonchev–Trinajstić information content (AvgIpc) is 3.28. The van der Waals surface area contributed by atoms with Crippen molar-refractivity contribution in [3.63, 3.8) is 0 Å². The highest BCUT2D eigenvalue weighted by atomic mass is 32.1. The van der Waals surface area contributed by atoms with Crippen LogP contribution in [0.15, 0.2) is 30.0 Å². The van der Waals surface area contributed by atoms with Gasteiger partial charge in [0.2, 0.25) is 0 Å². The summed E-state index contributed by atoms with van der Waals surface area (Å²) in [6, 6.07) is 1.78. The molecule has 24 heavy (non-hydrogen) atoms. The number of carboxylic acids is 1. The molecule has 3 aromatic rings. The van der Waals surface area contributed by atoms with Crippen LogP contribution in [0.25, 0.3) is 4.96 Å². The van der Waals surface area contributed by atoms with E-state index >= 15 is 0 Å². The number of hydrogen-bond acceptors (Lipinski definition) is 5. The number of nitrogens with zero attached hydrogens (tertiary/aromatic N) is 5. The van der Waals surface area contributed by atoms with Gasteiger partial charge in [-0.1, -0.05) is 0 Å². The van der Waals surface area contributed by atoms with Gasteiger partial charge >= 0.3 is 5.97 Å². The van der Waals surface area contributed by atoms with Gasteiger partial charge in [0.25, 0.3) is 0 Å². The van der Waals surface area contributed by atoms with Crippen LogP contribution < -0.4 is 0 Å². The minimum atomic E-state index is -0.926. The van der Waals surface area contributed by atoms with Crippen LogP contribution in [-0.2, 0) is 16.9 Å². The Morgan fingerprint density at radius 3 is 2.83 bits per heavy atom. The van der Waals surface area contributed by atoms with Crippen LogP contribution in [0.5, 0.6) is 0 Å². The third kappa shape index (κ3) is 2.33. The molecule has 7 nitrogen and oxygen atoms in total. The van der Waals surface area contributed by atoms with Gasteiger partial charge in [-0.25, -0.2) is 9.78 Å². The molecule has 8 heteroatoms. The Morgan fingerprint density at radius 2 is 2.17 bits per heavy atom. The number of aliphatic carboxylic acids is 1. The largest absolute Gasteiger partial charge is 0.479 e. The number of carboxylic acid groups (broad SMARTS) is 1. The summed E-state index contributed by atoms with van der Waals surface area (Å²) in [5.74, 6) is -0.799. The predicted molar refractivity (Wildman–Crippen MR) is 90.2 cm³/mol. The summed E-state index contributed by atoms with van der Waals surface area (Å²) >= 11 is 1.63. The van der Waals surface area contributed by atoms with E-state index in [2.05, 4.69) is 19.4 Å². The number of piperidine rings is 1.